The van der Waals surface area contributed by atoms with Crippen molar-refractivity contribution < 1.29 is 4.79 Å². The Kier molecular flexibility index (Phi) is 3.94. The summed E-state index contributed by atoms with van der Waals surface area (Å²) in [7, 11) is 0. The van der Waals surface area contributed by atoms with Crippen LogP contribution in [0.3, 0.4) is 0 Å². The number of hydrogen-bond donors (Lipinski definition) is 0. The van der Waals surface area contributed by atoms with Gasteiger partial charge in [0.05, 0.1) is 12.0 Å². The lowest BCUT2D eigenvalue weighted by molar-refractivity contribution is -0.116. The Labute approximate surface area is 146 Å². The van der Waals surface area contributed by atoms with E-state index in [4.69, 9.17) is 0 Å². The molecule has 24 heavy (non-hydrogen) atoms. The van der Waals surface area contributed by atoms with Gasteiger partial charge in [-0.05, 0) is 80.1 Å². The smallest absolute Gasteiger partial charge is 0.155 e. The predicted molar refractivity (Wildman–Crippen MR) is 95.0 cm³/mol. The highest BCUT2D eigenvalue weighted by Gasteiger charge is 2.57. The monoisotopic (exact) mass is 323 g/mol. The molecule has 3 saturated carbocycles. The Hall–Kier alpha value is -1.36. The summed E-state index contributed by atoms with van der Waals surface area (Å²) in [5, 5.41) is 9.84. The van der Waals surface area contributed by atoms with Gasteiger partial charge >= 0.3 is 0 Å². The van der Waals surface area contributed by atoms with Crippen LogP contribution >= 0.6 is 0 Å². The molecule has 2 nitrogen and oxygen atoms in total. The van der Waals surface area contributed by atoms with Gasteiger partial charge in [-0.15, -0.1) is 0 Å². The highest BCUT2D eigenvalue weighted by molar-refractivity contribution is 5.91. The van der Waals surface area contributed by atoms with Crippen LogP contribution < -0.4 is 0 Å². The van der Waals surface area contributed by atoms with Crippen LogP contribution in [-0.2, 0) is 4.79 Å². The van der Waals surface area contributed by atoms with E-state index in [9.17, 15) is 10.1 Å². The van der Waals surface area contributed by atoms with Gasteiger partial charge in [-0.25, -0.2) is 0 Å². The van der Waals surface area contributed by atoms with Crippen molar-refractivity contribution in [2.45, 2.75) is 65.2 Å². The van der Waals surface area contributed by atoms with Crippen LogP contribution in [-0.4, -0.2) is 5.78 Å². The molecule has 2 heteroatoms. The van der Waals surface area contributed by atoms with Crippen LogP contribution in [0.2, 0.25) is 0 Å². The van der Waals surface area contributed by atoms with Crippen molar-refractivity contribution in [2.75, 3.05) is 0 Å². The summed E-state index contributed by atoms with van der Waals surface area (Å²) in [6.07, 6.45) is 13.1. The largest absolute Gasteiger partial charge is 0.295 e. The zero-order valence-electron chi connectivity index (χ0n) is 15.1. The van der Waals surface area contributed by atoms with E-state index < -0.39 is 0 Å². The molecule has 3 fully saturated rings. The second-order valence-corrected chi connectivity index (χ2v) is 8.80. The molecule has 0 amide bonds. The molecule has 0 spiro atoms. The van der Waals surface area contributed by atoms with E-state index in [2.05, 4.69) is 26.0 Å². The van der Waals surface area contributed by atoms with Gasteiger partial charge in [-0.1, -0.05) is 31.1 Å². The van der Waals surface area contributed by atoms with Crippen molar-refractivity contribution in [3.8, 4) is 6.07 Å². The first-order valence-corrected chi connectivity index (χ1v) is 9.90. The van der Waals surface area contributed by atoms with Crippen LogP contribution in [0, 0.1) is 46.3 Å². The molecule has 4 rings (SSSR count). The third-order valence-corrected chi connectivity index (χ3v) is 7.82. The molecule has 0 bridgehead atoms. The molecule has 0 N–H and O–H groups in total. The summed E-state index contributed by atoms with van der Waals surface area (Å²) in [5.74, 6) is 3.34. The second-order valence-electron chi connectivity index (χ2n) is 8.80. The van der Waals surface area contributed by atoms with Crippen molar-refractivity contribution in [2.24, 2.45) is 35.0 Å². The SMILES string of the molecule is CCC=C1C[C@H]2[C@@H]3CCC4=CC(=O)CC[C@@H]4[C@H]3CC[C@]2(C)[C@H]1C#N. The molecule has 0 heterocycles. The maximum atomic E-state index is 11.8. The van der Waals surface area contributed by atoms with E-state index in [0.717, 1.165) is 43.9 Å². The number of nitriles is 1. The fraction of sp³-hybridized carbons (Fsp3) is 0.727. The quantitative estimate of drug-likeness (QED) is 0.621. The molecule has 4 aliphatic carbocycles. The van der Waals surface area contributed by atoms with Crippen molar-refractivity contribution >= 4 is 5.78 Å². The normalized spacial score (nSPS) is 45.9. The summed E-state index contributed by atoms with van der Waals surface area (Å²) < 4.78 is 0. The summed E-state index contributed by atoms with van der Waals surface area (Å²) in [5.41, 5.74) is 3.06. The molecule has 6 atom stereocenters. The first-order valence-electron chi connectivity index (χ1n) is 9.90. The third-order valence-electron chi connectivity index (χ3n) is 7.82. The highest BCUT2D eigenvalue weighted by Crippen LogP contribution is 2.64. The standard InChI is InChI=1S/C22H29NO/c1-3-4-15-12-20-19-7-5-14-11-16(24)6-8-17(14)18(19)9-10-22(20,2)21(15)13-23/h4,11,17-21H,3,5-10,12H2,1-2H3/t17-,18+,19+,20-,21-,22-/m0/s1. The lowest BCUT2D eigenvalue weighted by Crippen LogP contribution is -2.46. The van der Waals surface area contributed by atoms with Gasteiger partial charge in [-0.3, -0.25) is 4.79 Å². The second kappa shape index (κ2) is 5.87. The summed E-state index contributed by atoms with van der Waals surface area (Å²) in [4.78, 5) is 11.8. The van der Waals surface area contributed by atoms with E-state index >= 15 is 0 Å². The molecule has 0 radical (unpaired) electrons. The van der Waals surface area contributed by atoms with E-state index in [1.54, 1.807) is 0 Å². The number of rotatable bonds is 1. The molecule has 0 aliphatic heterocycles. The van der Waals surface area contributed by atoms with Gasteiger partial charge in [0.25, 0.3) is 0 Å². The summed E-state index contributed by atoms with van der Waals surface area (Å²) in [6.45, 7) is 4.58. The lowest BCUT2D eigenvalue weighted by atomic mass is 9.51. The number of carbonyl (C=O) groups excluding carboxylic acids is 1. The van der Waals surface area contributed by atoms with E-state index in [1.165, 1.54) is 30.4 Å². The van der Waals surface area contributed by atoms with Crippen LogP contribution in [0.1, 0.15) is 65.2 Å². The molecule has 128 valence electrons. The van der Waals surface area contributed by atoms with E-state index in [0.29, 0.717) is 17.6 Å². The number of ketones is 1. The van der Waals surface area contributed by atoms with Gasteiger partial charge in [-0.2, -0.15) is 5.26 Å². The van der Waals surface area contributed by atoms with Crippen LogP contribution in [0.5, 0.6) is 0 Å². The topological polar surface area (TPSA) is 40.9 Å². The Morgan fingerprint density at radius 3 is 2.88 bits per heavy atom. The molecule has 4 aliphatic rings. The molecular formula is C22H29NO. The minimum absolute atomic E-state index is 0.133. The third kappa shape index (κ3) is 2.24. The van der Waals surface area contributed by atoms with Crippen molar-refractivity contribution in [3.63, 3.8) is 0 Å². The molecule has 0 aromatic carbocycles. The lowest BCUT2D eigenvalue weighted by Gasteiger charge is -2.53. The Morgan fingerprint density at radius 1 is 1.29 bits per heavy atom. The number of carbonyl (C=O) groups is 1. The van der Waals surface area contributed by atoms with Crippen molar-refractivity contribution in [1.82, 2.24) is 0 Å². The molecule has 0 unspecified atom stereocenters. The highest BCUT2D eigenvalue weighted by atomic mass is 16.1. The average Bonchev–Trinajstić information content (AvgIpc) is 2.86. The first-order chi connectivity index (χ1) is 11.6. The predicted octanol–water partition coefficient (Wildman–Crippen LogP) is 5.21. The van der Waals surface area contributed by atoms with Gasteiger partial charge in [0.15, 0.2) is 5.78 Å². The van der Waals surface area contributed by atoms with E-state index in [-0.39, 0.29) is 11.3 Å². The van der Waals surface area contributed by atoms with Crippen LogP contribution in [0.25, 0.3) is 0 Å². The first kappa shape index (κ1) is 16.1. The Morgan fingerprint density at radius 2 is 2.12 bits per heavy atom. The Balaban J connectivity index is 1.66. The zero-order chi connectivity index (χ0) is 16.9. The number of hydrogen-bond acceptors (Lipinski definition) is 2. The molecule has 0 aromatic rings. The zero-order valence-corrected chi connectivity index (χ0v) is 15.1. The summed E-state index contributed by atoms with van der Waals surface area (Å²) in [6, 6.07) is 2.67. The fourth-order valence-electron chi connectivity index (χ4n) is 6.76. The van der Waals surface area contributed by atoms with Crippen LogP contribution in [0.4, 0.5) is 0 Å². The van der Waals surface area contributed by atoms with Gasteiger partial charge in [0.2, 0.25) is 0 Å². The van der Waals surface area contributed by atoms with E-state index in [1.807, 2.05) is 6.08 Å². The van der Waals surface area contributed by atoms with Crippen LogP contribution in [0.15, 0.2) is 23.3 Å². The van der Waals surface area contributed by atoms with Crippen molar-refractivity contribution in [3.05, 3.63) is 23.3 Å². The maximum absolute atomic E-state index is 11.8. The molecular weight excluding hydrogens is 294 g/mol. The van der Waals surface area contributed by atoms with Crippen molar-refractivity contribution in [1.29, 1.82) is 5.26 Å². The van der Waals surface area contributed by atoms with Gasteiger partial charge in [0.1, 0.15) is 0 Å². The molecule has 0 saturated heterocycles. The number of allylic oxidation sites excluding steroid dienone is 3. The fourth-order valence-corrected chi connectivity index (χ4v) is 6.76. The van der Waals surface area contributed by atoms with Gasteiger partial charge in [0, 0.05) is 6.42 Å². The molecule has 0 aromatic heterocycles. The minimum Gasteiger partial charge on any atom is -0.295 e. The minimum atomic E-state index is 0.133. The maximum Gasteiger partial charge on any atom is 0.155 e. The number of fused-ring (bicyclic) bond motifs is 5. The van der Waals surface area contributed by atoms with Gasteiger partial charge < -0.3 is 0 Å². The Bertz CT molecular complexity index is 651. The summed E-state index contributed by atoms with van der Waals surface area (Å²) >= 11 is 0. The number of nitrogens with zero attached hydrogens (tertiary/aromatic N) is 1. The average molecular weight is 323 g/mol.